The Kier molecular flexibility index (Phi) is 5.20. The number of hydrogen-bond acceptors (Lipinski definition) is 1. The summed E-state index contributed by atoms with van der Waals surface area (Å²) < 4.78 is 0. The van der Waals surface area contributed by atoms with Gasteiger partial charge in [0.05, 0.1) is 0 Å². The third kappa shape index (κ3) is 3.10. The lowest BCUT2D eigenvalue weighted by Crippen LogP contribution is -1.95. The van der Waals surface area contributed by atoms with Crippen LogP contribution in [-0.4, -0.2) is 0 Å². The summed E-state index contributed by atoms with van der Waals surface area (Å²) in [4.78, 5) is 0. The fourth-order valence-electron chi connectivity index (χ4n) is 1.20. The fraction of sp³-hybridized carbons (Fsp3) is 0.500. The van der Waals surface area contributed by atoms with Crippen LogP contribution in [0.4, 0.5) is 5.69 Å². The van der Waals surface area contributed by atoms with Crippen LogP contribution in [-0.2, 0) is 6.42 Å². The van der Waals surface area contributed by atoms with Crippen molar-refractivity contribution in [2.75, 3.05) is 5.73 Å². The predicted octanol–water partition coefficient (Wildman–Crippen LogP) is 3.47. The van der Waals surface area contributed by atoms with Gasteiger partial charge in [-0.25, -0.2) is 0 Å². The Labute approximate surface area is 82.0 Å². The largest absolute Gasteiger partial charge is 0.398 e. The van der Waals surface area contributed by atoms with Crippen molar-refractivity contribution in [3.63, 3.8) is 0 Å². The second kappa shape index (κ2) is 5.63. The molecule has 0 bridgehead atoms. The first-order chi connectivity index (χ1) is 6.15. The van der Waals surface area contributed by atoms with Crippen molar-refractivity contribution in [3.05, 3.63) is 28.8 Å². The van der Waals surface area contributed by atoms with E-state index in [1.807, 2.05) is 19.9 Å². The zero-order valence-electron chi connectivity index (χ0n) is 9.44. The number of rotatable bonds is 1. The normalized spacial score (nSPS) is 9.00. The maximum atomic E-state index is 5.80. The summed E-state index contributed by atoms with van der Waals surface area (Å²) in [5.74, 6) is 0. The van der Waals surface area contributed by atoms with Gasteiger partial charge in [0, 0.05) is 5.69 Å². The SMILES string of the molecule is CC.CCc1cc(C)c(C)cc1N. The molecule has 0 amide bonds. The predicted molar refractivity (Wildman–Crippen MR) is 61.1 cm³/mol. The molecule has 74 valence electrons. The van der Waals surface area contributed by atoms with Crippen LogP contribution in [0.15, 0.2) is 12.1 Å². The van der Waals surface area contributed by atoms with Crippen LogP contribution in [0.1, 0.15) is 37.5 Å². The van der Waals surface area contributed by atoms with Gasteiger partial charge in [-0.15, -0.1) is 0 Å². The third-order valence-corrected chi connectivity index (χ3v) is 2.14. The van der Waals surface area contributed by atoms with Crippen LogP contribution in [0, 0.1) is 13.8 Å². The highest BCUT2D eigenvalue weighted by Gasteiger charge is 1.98. The van der Waals surface area contributed by atoms with Crippen molar-refractivity contribution in [1.82, 2.24) is 0 Å². The number of nitrogen functional groups attached to an aromatic ring is 1. The fourth-order valence-corrected chi connectivity index (χ4v) is 1.20. The van der Waals surface area contributed by atoms with Crippen molar-refractivity contribution in [2.45, 2.75) is 41.0 Å². The second-order valence-electron chi connectivity index (χ2n) is 2.99. The average Bonchev–Trinajstić information content (AvgIpc) is 2.15. The molecule has 0 fully saturated rings. The molecule has 0 saturated carbocycles. The molecular formula is C12H21N. The first kappa shape index (κ1) is 12.0. The summed E-state index contributed by atoms with van der Waals surface area (Å²) in [5.41, 5.74) is 10.6. The van der Waals surface area contributed by atoms with Crippen LogP contribution in [0.3, 0.4) is 0 Å². The summed E-state index contributed by atoms with van der Waals surface area (Å²) in [6, 6.07) is 4.22. The lowest BCUT2D eigenvalue weighted by Gasteiger charge is -2.06. The molecule has 0 aliphatic heterocycles. The molecule has 0 saturated heterocycles. The number of nitrogens with two attached hydrogens (primary N) is 1. The highest BCUT2D eigenvalue weighted by atomic mass is 14.6. The van der Waals surface area contributed by atoms with Crippen LogP contribution in [0.25, 0.3) is 0 Å². The van der Waals surface area contributed by atoms with Gasteiger partial charge in [0.1, 0.15) is 0 Å². The number of hydrogen-bond donors (Lipinski definition) is 1. The maximum absolute atomic E-state index is 5.80. The Morgan fingerprint density at radius 2 is 1.54 bits per heavy atom. The van der Waals surface area contributed by atoms with Crippen LogP contribution < -0.4 is 5.73 Å². The summed E-state index contributed by atoms with van der Waals surface area (Å²) in [6.07, 6.45) is 1.02. The van der Waals surface area contributed by atoms with E-state index in [1.165, 1.54) is 16.7 Å². The first-order valence-corrected chi connectivity index (χ1v) is 5.00. The van der Waals surface area contributed by atoms with Crippen LogP contribution in [0.5, 0.6) is 0 Å². The minimum Gasteiger partial charge on any atom is -0.398 e. The molecule has 0 radical (unpaired) electrons. The quantitative estimate of drug-likeness (QED) is 0.656. The monoisotopic (exact) mass is 179 g/mol. The molecule has 1 aromatic carbocycles. The van der Waals surface area contributed by atoms with E-state index in [2.05, 4.69) is 26.8 Å². The number of anilines is 1. The molecule has 0 heterocycles. The molecule has 0 unspecified atom stereocenters. The summed E-state index contributed by atoms with van der Waals surface area (Å²) in [7, 11) is 0. The van der Waals surface area contributed by atoms with Gasteiger partial charge in [0.25, 0.3) is 0 Å². The highest BCUT2D eigenvalue weighted by Crippen LogP contribution is 2.17. The Bertz CT molecular complexity index is 264. The van der Waals surface area contributed by atoms with Gasteiger partial charge in [-0.1, -0.05) is 26.8 Å². The molecule has 0 aromatic heterocycles. The van der Waals surface area contributed by atoms with E-state index >= 15 is 0 Å². The summed E-state index contributed by atoms with van der Waals surface area (Å²) in [6.45, 7) is 10.3. The van der Waals surface area contributed by atoms with E-state index < -0.39 is 0 Å². The summed E-state index contributed by atoms with van der Waals surface area (Å²) in [5, 5.41) is 0. The summed E-state index contributed by atoms with van der Waals surface area (Å²) >= 11 is 0. The molecule has 1 nitrogen and oxygen atoms in total. The standard InChI is InChI=1S/C10H15N.C2H6/c1-4-9-5-7(2)8(3)6-10(9)11;1-2/h5-6H,4,11H2,1-3H3;1-2H3. The zero-order chi connectivity index (χ0) is 10.4. The average molecular weight is 179 g/mol. The van der Waals surface area contributed by atoms with E-state index in [0.717, 1.165) is 12.1 Å². The Morgan fingerprint density at radius 1 is 1.08 bits per heavy atom. The molecule has 1 heteroatoms. The van der Waals surface area contributed by atoms with Gasteiger partial charge in [0.15, 0.2) is 0 Å². The maximum Gasteiger partial charge on any atom is 0.0349 e. The van der Waals surface area contributed by atoms with Crippen LogP contribution >= 0.6 is 0 Å². The van der Waals surface area contributed by atoms with Gasteiger partial charge >= 0.3 is 0 Å². The van der Waals surface area contributed by atoms with E-state index in [1.54, 1.807) is 0 Å². The van der Waals surface area contributed by atoms with Crippen molar-refractivity contribution in [1.29, 1.82) is 0 Å². The van der Waals surface area contributed by atoms with Crippen molar-refractivity contribution < 1.29 is 0 Å². The van der Waals surface area contributed by atoms with Gasteiger partial charge in [-0.3, -0.25) is 0 Å². The topological polar surface area (TPSA) is 26.0 Å². The van der Waals surface area contributed by atoms with Gasteiger partial charge in [-0.2, -0.15) is 0 Å². The van der Waals surface area contributed by atoms with Gasteiger partial charge in [-0.05, 0) is 43.0 Å². The van der Waals surface area contributed by atoms with Gasteiger partial charge in [0.2, 0.25) is 0 Å². The number of aryl methyl sites for hydroxylation is 3. The van der Waals surface area contributed by atoms with Crippen molar-refractivity contribution in [3.8, 4) is 0 Å². The first-order valence-electron chi connectivity index (χ1n) is 5.00. The van der Waals surface area contributed by atoms with E-state index in [-0.39, 0.29) is 0 Å². The lowest BCUT2D eigenvalue weighted by atomic mass is 10.0. The van der Waals surface area contributed by atoms with Crippen molar-refractivity contribution in [2.24, 2.45) is 0 Å². The molecule has 2 N–H and O–H groups in total. The number of benzene rings is 1. The molecule has 0 spiro atoms. The van der Waals surface area contributed by atoms with E-state index in [9.17, 15) is 0 Å². The lowest BCUT2D eigenvalue weighted by molar-refractivity contribution is 1.13. The molecule has 0 aliphatic rings. The minimum absolute atomic E-state index is 0.926. The van der Waals surface area contributed by atoms with E-state index in [0.29, 0.717) is 0 Å². The third-order valence-electron chi connectivity index (χ3n) is 2.14. The molecule has 1 rings (SSSR count). The zero-order valence-corrected chi connectivity index (χ0v) is 9.44. The van der Waals surface area contributed by atoms with Crippen molar-refractivity contribution >= 4 is 5.69 Å². The Morgan fingerprint density at radius 3 is 2.00 bits per heavy atom. The molecule has 0 atom stereocenters. The van der Waals surface area contributed by atoms with Gasteiger partial charge < -0.3 is 5.73 Å². The molecule has 1 aromatic rings. The van der Waals surface area contributed by atoms with E-state index in [4.69, 9.17) is 5.73 Å². The smallest absolute Gasteiger partial charge is 0.0349 e. The van der Waals surface area contributed by atoms with Crippen LogP contribution in [0.2, 0.25) is 0 Å². The Hall–Kier alpha value is -0.980. The molecular weight excluding hydrogens is 158 g/mol. The molecule has 0 aliphatic carbocycles. The Balaban J connectivity index is 0.000000671. The highest BCUT2D eigenvalue weighted by molar-refractivity contribution is 5.51. The molecule has 13 heavy (non-hydrogen) atoms. The minimum atomic E-state index is 0.926. The second-order valence-corrected chi connectivity index (χ2v) is 2.99.